The lowest BCUT2D eigenvalue weighted by molar-refractivity contribution is 0.586. The van der Waals surface area contributed by atoms with Gasteiger partial charge in [-0.05, 0) is 35.0 Å². The lowest BCUT2D eigenvalue weighted by atomic mass is 10.3. The number of hydrogen-bond donors (Lipinski definition) is 1. The lowest BCUT2D eigenvalue weighted by Crippen LogP contribution is -2.18. The van der Waals surface area contributed by atoms with Crippen molar-refractivity contribution in [2.75, 3.05) is 0 Å². The minimum absolute atomic E-state index is 0.0766. The van der Waals surface area contributed by atoms with Crippen LogP contribution in [0.4, 0.5) is 0 Å². The van der Waals surface area contributed by atoms with E-state index in [4.69, 9.17) is 10.4 Å². The number of pyridine rings is 1. The van der Waals surface area contributed by atoms with Crippen LogP contribution in [0, 0.1) is 18.3 Å². The van der Waals surface area contributed by atoms with Crippen molar-refractivity contribution in [3.8, 4) is 11.9 Å². The Morgan fingerprint density at radius 1 is 1.47 bits per heavy atom. The Hall–Kier alpha value is -1.76. The molecule has 0 saturated carbocycles. The van der Waals surface area contributed by atoms with E-state index in [1.165, 1.54) is 13.1 Å². The molecule has 19 heavy (non-hydrogen) atoms. The van der Waals surface area contributed by atoms with Gasteiger partial charge in [0.05, 0.1) is 5.69 Å². The van der Waals surface area contributed by atoms with Crippen molar-refractivity contribution < 1.29 is 8.42 Å². The summed E-state index contributed by atoms with van der Waals surface area (Å²) in [5.74, 6) is 0.261. The van der Waals surface area contributed by atoms with Crippen molar-refractivity contribution in [2.24, 2.45) is 5.14 Å². The van der Waals surface area contributed by atoms with Gasteiger partial charge in [0.2, 0.25) is 0 Å². The number of rotatable bonds is 2. The molecule has 0 spiro atoms. The maximum absolute atomic E-state index is 11.6. The van der Waals surface area contributed by atoms with E-state index in [1.807, 2.05) is 0 Å². The van der Waals surface area contributed by atoms with E-state index >= 15 is 0 Å². The van der Waals surface area contributed by atoms with Gasteiger partial charge in [-0.15, -0.1) is 0 Å². The monoisotopic (exact) mass is 341 g/mol. The molecule has 0 aromatic carbocycles. The Labute approximate surface area is 117 Å². The van der Waals surface area contributed by atoms with Gasteiger partial charge >= 0.3 is 0 Å². The predicted octanol–water partition coefficient (Wildman–Crippen LogP) is 0.857. The molecule has 2 rings (SSSR count). The number of nitrogens with zero attached hydrogens (tertiary/aromatic N) is 4. The number of nitriles is 1. The zero-order valence-corrected chi connectivity index (χ0v) is 12.1. The normalized spacial score (nSPS) is 11.3. The second-order valence-corrected chi connectivity index (χ2v) is 6.06. The minimum atomic E-state index is -4.09. The van der Waals surface area contributed by atoms with Gasteiger partial charge in [0.25, 0.3) is 10.0 Å². The number of nitrogens with two attached hydrogens (primary N) is 1. The van der Waals surface area contributed by atoms with Crippen LogP contribution in [0.25, 0.3) is 5.82 Å². The largest absolute Gasteiger partial charge is 0.257 e. The Balaban J connectivity index is 2.79. The van der Waals surface area contributed by atoms with E-state index in [2.05, 4.69) is 26.0 Å². The van der Waals surface area contributed by atoms with Crippen LogP contribution in [0.15, 0.2) is 27.8 Å². The van der Waals surface area contributed by atoms with Crippen LogP contribution in [-0.4, -0.2) is 23.2 Å². The standard InChI is InChI=1S/C10H8BrN5O2S/c1-6-8(4-12)10(19(13,17)18)16(15-6)9-3-2-7(11)5-14-9/h2-3,5H,1H3,(H2,13,17,18). The third-order valence-corrected chi connectivity index (χ3v) is 3.71. The molecule has 0 fully saturated rings. The Kier molecular flexibility index (Phi) is 3.40. The second kappa shape index (κ2) is 4.73. The fourth-order valence-electron chi connectivity index (χ4n) is 1.55. The summed E-state index contributed by atoms with van der Waals surface area (Å²) in [6.45, 7) is 1.53. The molecule has 0 unspecified atom stereocenters. The van der Waals surface area contributed by atoms with E-state index in [1.54, 1.807) is 18.2 Å². The molecule has 0 aliphatic rings. The summed E-state index contributed by atoms with van der Waals surface area (Å²) < 4.78 is 25.0. The molecule has 0 amide bonds. The topological polar surface area (TPSA) is 115 Å². The molecular formula is C10H8BrN5O2S. The Morgan fingerprint density at radius 3 is 2.63 bits per heavy atom. The molecule has 0 atom stereocenters. The molecule has 7 nitrogen and oxygen atoms in total. The van der Waals surface area contributed by atoms with Crippen LogP contribution in [0.3, 0.4) is 0 Å². The van der Waals surface area contributed by atoms with Gasteiger partial charge in [0.15, 0.2) is 10.8 Å². The van der Waals surface area contributed by atoms with Crippen molar-refractivity contribution in [3.63, 3.8) is 0 Å². The first kappa shape index (κ1) is 13.7. The van der Waals surface area contributed by atoms with Crippen LogP contribution in [-0.2, 0) is 10.0 Å². The summed E-state index contributed by atoms with van der Waals surface area (Å²) in [7, 11) is -4.09. The zero-order valence-electron chi connectivity index (χ0n) is 9.70. The molecule has 2 N–H and O–H groups in total. The van der Waals surface area contributed by atoms with Crippen molar-refractivity contribution in [2.45, 2.75) is 11.9 Å². The second-order valence-electron chi connectivity index (χ2n) is 3.67. The summed E-state index contributed by atoms with van der Waals surface area (Å²) in [5, 5.41) is 17.8. The van der Waals surface area contributed by atoms with Crippen molar-refractivity contribution in [3.05, 3.63) is 34.1 Å². The summed E-state index contributed by atoms with van der Waals surface area (Å²) in [5.41, 5.74) is 0.198. The lowest BCUT2D eigenvalue weighted by Gasteiger charge is -2.04. The number of aryl methyl sites for hydroxylation is 1. The van der Waals surface area contributed by atoms with E-state index in [0.29, 0.717) is 0 Å². The van der Waals surface area contributed by atoms with Gasteiger partial charge in [-0.3, -0.25) is 0 Å². The van der Waals surface area contributed by atoms with Gasteiger partial charge < -0.3 is 0 Å². The van der Waals surface area contributed by atoms with Gasteiger partial charge in [-0.1, -0.05) is 0 Å². The number of hydrogen-bond acceptors (Lipinski definition) is 5. The molecule has 2 aromatic rings. The van der Waals surface area contributed by atoms with Gasteiger partial charge in [-0.2, -0.15) is 10.4 Å². The summed E-state index contributed by atoms with van der Waals surface area (Å²) in [6.07, 6.45) is 1.49. The SMILES string of the molecule is Cc1nn(-c2ccc(Br)cn2)c(S(N)(=O)=O)c1C#N. The van der Waals surface area contributed by atoms with Crippen molar-refractivity contribution in [1.82, 2.24) is 14.8 Å². The maximum atomic E-state index is 11.6. The van der Waals surface area contributed by atoms with E-state index in [-0.39, 0.29) is 22.1 Å². The molecule has 0 saturated heterocycles. The zero-order chi connectivity index (χ0) is 14.2. The molecule has 2 aromatic heterocycles. The highest BCUT2D eigenvalue weighted by molar-refractivity contribution is 9.10. The maximum Gasteiger partial charge on any atom is 0.257 e. The molecule has 0 radical (unpaired) electrons. The quantitative estimate of drug-likeness (QED) is 0.869. The minimum Gasteiger partial charge on any atom is -0.236 e. The van der Waals surface area contributed by atoms with Gasteiger partial charge in [0.1, 0.15) is 11.6 Å². The first-order chi connectivity index (χ1) is 8.84. The first-order valence-corrected chi connectivity index (χ1v) is 7.33. The van der Waals surface area contributed by atoms with Gasteiger partial charge in [-0.25, -0.2) is 23.2 Å². The third-order valence-electron chi connectivity index (χ3n) is 2.33. The van der Waals surface area contributed by atoms with Crippen molar-refractivity contribution in [1.29, 1.82) is 5.26 Å². The molecule has 0 aliphatic carbocycles. The highest BCUT2D eigenvalue weighted by atomic mass is 79.9. The fraction of sp³-hybridized carbons (Fsp3) is 0.100. The summed E-state index contributed by atoms with van der Waals surface area (Å²) >= 11 is 3.22. The molecule has 2 heterocycles. The molecule has 9 heteroatoms. The number of sulfonamides is 1. The molecular weight excluding hydrogens is 334 g/mol. The number of halogens is 1. The Morgan fingerprint density at radius 2 is 2.16 bits per heavy atom. The van der Waals surface area contributed by atoms with Crippen LogP contribution in [0.2, 0.25) is 0 Å². The number of primary sulfonamides is 1. The predicted molar refractivity (Wildman–Crippen MR) is 69.9 cm³/mol. The smallest absolute Gasteiger partial charge is 0.236 e. The average Bonchev–Trinajstić information content (AvgIpc) is 2.66. The first-order valence-electron chi connectivity index (χ1n) is 4.99. The van der Waals surface area contributed by atoms with E-state index < -0.39 is 10.0 Å². The van der Waals surface area contributed by atoms with E-state index in [0.717, 1.165) is 9.15 Å². The summed E-state index contributed by atoms with van der Waals surface area (Å²) in [6, 6.07) is 5.03. The molecule has 0 aliphatic heterocycles. The molecule has 98 valence electrons. The molecule has 0 bridgehead atoms. The van der Waals surface area contributed by atoms with Crippen molar-refractivity contribution >= 4 is 26.0 Å². The number of aromatic nitrogens is 3. The van der Waals surface area contributed by atoms with Crippen LogP contribution in [0.1, 0.15) is 11.3 Å². The fourth-order valence-corrected chi connectivity index (χ4v) is 2.63. The van der Waals surface area contributed by atoms with E-state index in [9.17, 15) is 8.42 Å². The van der Waals surface area contributed by atoms with Crippen LogP contribution < -0.4 is 5.14 Å². The van der Waals surface area contributed by atoms with Crippen LogP contribution >= 0.6 is 15.9 Å². The highest BCUT2D eigenvalue weighted by Crippen LogP contribution is 2.21. The third kappa shape index (κ3) is 2.51. The highest BCUT2D eigenvalue weighted by Gasteiger charge is 2.25. The van der Waals surface area contributed by atoms with Crippen LogP contribution in [0.5, 0.6) is 0 Å². The van der Waals surface area contributed by atoms with Gasteiger partial charge in [0, 0.05) is 10.7 Å². The summed E-state index contributed by atoms with van der Waals surface area (Å²) in [4.78, 5) is 4.04. The Bertz CT molecular complexity index is 773. The average molecular weight is 342 g/mol.